The van der Waals surface area contributed by atoms with Crippen LogP contribution in [0.5, 0.6) is 23.0 Å². The Morgan fingerprint density at radius 2 is 0.724 bits per heavy atom. The first-order valence-electron chi connectivity index (χ1n) is 19.2. The minimum absolute atomic E-state index is 0.182. The standard InChI is InChI=1S/C50H46O8/c1-37(35-57-45-27-13-9-23-41(45)39-19-5-3-6-20-39)49(51)55-33-17-31-53-47-29-15-11-25-43(47)44-26-12-16-30-48(44)54-32-18-34-56-50(52)38(2)36-58-46-28-14-10-24-42(46)40-21-7-4-8-22-40/h3-16,19-30,35-36H,17-18,31-34H2,1-2H3. The van der Waals surface area contributed by atoms with Gasteiger partial charge in [0.1, 0.15) is 35.5 Å². The summed E-state index contributed by atoms with van der Waals surface area (Å²) in [6.07, 6.45) is 3.83. The molecule has 0 radical (unpaired) electrons. The van der Waals surface area contributed by atoms with E-state index in [2.05, 4.69) is 0 Å². The smallest absolute Gasteiger partial charge is 0.336 e. The normalized spacial score (nSPS) is 11.3. The highest BCUT2D eigenvalue weighted by molar-refractivity contribution is 5.88. The van der Waals surface area contributed by atoms with Gasteiger partial charge in [0.15, 0.2) is 0 Å². The number of para-hydroxylation sites is 4. The van der Waals surface area contributed by atoms with Crippen LogP contribution < -0.4 is 18.9 Å². The molecule has 0 aliphatic rings. The van der Waals surface area contributed by atoms with Crippen molar-refractivity contribution in [3.05, 3.63) is 181 Å². The molecule has 8 nitrogen and oxygen atoms in total. The van der Waals surface area contributed by atoms with Crippen molar-refractivity contribution >= 4 is 11.9 Å². The molecule has 0 saturated heterocycles. The van der Waals surface area contributed by atoms with Crippen molar-refractivity contribution in [1.29, 1.82) is 0 Å². The first-order valence-corrected chi connectivity index (χ1v) is 19.2. The van der Waals surface area contributed by atoms with Crippen LogP contribution in [0.15, 0.2) is 181 Å². The van der Waals surface area contributed by atoms with Gasteiger partial charge in [0.2, 0.25) is 0 Å². The summed E-state index contributed by atoms with van der Waals surface area (Å²) in [7, 11) is 0. The predicted octanol–water partition coefficient (Wildman–Crippen LogP) is 11.3. The van der Waals surface area contributed by atoms with Crippen molar-refractivity contribution in [2.45, 2.75) is 26.7 Å². The van der Waals surface area contributed by atoms with E-state index in [0.29, 0.717) is 60.2 Å². The highest BCUT2D eigenvalue weighted by Gasteiger charge is 2.14. The quantitative estimate of drug-likeness (QED) is 0.0348. The minimum Gasteiger partial charge on any atom is -0.493 e. The van der Waals surface area contributed by atoms with Crippen molar-refractivity contribution in [1.82, 2.24) is 0 Å². The van der Waals surface area contributed by atoms with Crippen LogP contribution in [0.25, 0.3) is 33.4 Å². The molecule has 294 valence electrons. The fourth-order valence-corrected chi connectivity index (χ4v) is 5.92. The summed E-state index contributed by atoms with van der Waals surface area (Å²) in [6, 6.07) is 50.6. The Balaban J connectivity index is 0.938. The Kier molecular flexibility index (Phi) is 14.9. The molecule has 0 aliphatic carbocycles. The van der Waals surface area contributed by atoms with Gasteiger partial charge >= 0.3 is 11.9 Å². The summed E-state index contributed by atoms with van der Waals surface area (Å²) in [4.78, 5) is 25.4. The Morgan fingerprint density at radius 1 is 0.397 bits per heavy atom. The molecule has 6 aromatic carbocycles. The summed E-state index contributed by atoms with van der Waals surface area (Å²) in [6.45, 7) is 4.36. The Labute approximate surface area is 339 Å². The highest BCUT2D eigenvalue weighted by atomic mass is 16.5. The summed E-state index contributed by atoms with van der Waals surface area (Å²) in [5.74, 6) is 1.73. The van der Waals surface area contributed by atoms with E-state index in [9.17, 15) is 9.59 Å². The molecule has 6 aromatic rings. The van der Waals surface area contributed by atoms with Crippen LogP contribution in [0.4, 0.5) is 0 Å². The van der Waals surface area contributed by atoms with Crippen LogP contribution in [0, 0.1) is 0 Å². The van der Waals surface area contributed by atoms with E-state index in [1.165, 1.54) is 12.5 Å². The molecular weight excluding hydrogens is 729 g/mol. The Hall–Kier alpha value is -7.06. The van der Waals surface area contributed by atoms with Crippen LogP contribution in [0.2, 0.25) is 0 Å². The number of carbonyl (C=O) groups excluding carboxylic acids is 2. The van der Waals surface area contributed by atoms with Gasteiger partial charge in [-0.25, -0.2) is 9.59 Å². The van der Waals surface area contributed by atoms with Crippen LogP contribution in [-0.4, -0.2) is 38.4 Å². The van der Waals surface area contributed by atoms with Crippen LogP contribution in [-0.2, 0) is 19.1 Å². The molecule has 58 heavy (non-hydrogen) atoms. The fraction of sp³-hybridized carbons (Fsp3) is 0.160. The maximum Gasteiger partial charge on any atom is 0.336 e. The van der Waals surface area contributed by atoms with Gasteiger partial charge in [-0.3, -0.25) is 0 Å². The molecule has 0 fully saturated rings. The van der Waals surface area contributed by atoms with Gasteiger partial charge in [0, 0.05) is 35.1 Å². The van der Waals surface area contributed by atoms with E-state index in [-0.39, 0.29) is 13.2 Å². The van der Waals surface area contributed by atoms with E-state index in [1.807, 2.05) is 158 Å². The molecule has 0 amide bonds. The zero-order chi connectivity index (χ0) is 40.4. The molecular formula is C50H46O8. The van der Waals surface area contributed by atoms with E-state index < -0.39 is 11.9 Å². The monoisotopic (exact) mass is 774 g/mol. The van der Waals surface area contributed by atoms with Gasteiger partial charge in [0.25, 0.3) is 0 Å². The number of hydrogen-bond acceptors (Lipinski definition) is 8. The summed E-state index contributed by atoms with van der Waals surface area (Å²) in [5.41, 5.74) is 6.33. The number of ether oxygens (including phenoxy) is 6. The third-order valence-corrected chi connectivity index (χ3v) is 8.94. The number of esters is 2. The second-order valence-electron chi connectivity index (χ2n) is 13.2. The van der Waals surface area contributed by atoms with Crippen LogP contribution in [0.1, 0.15) is 26.7 Å². The molecule has 0 heterocycles. The molecule has 0 saturated carbocycles. The number of carbonyl (C=O) groups is 2. The average molecular weight is 775 g/mol. The third-order valence-electron chi connectivity index (χ3n) is 8.94. The molecule has 0 aromatic heterocycles. The predicted molar refractivity (Wildman–Crippen MR) is 227 cm³/mol. The summed E-state index contributed by atoms with van der Waals surface area (Å²) < 4.78 is 35.1. The van der Waals surface area contributed by atoms with E-state index in [4.69, 9.17) is 28.4 Å². The number of benzene rings is 6. The molecule has 6 rings (SSSR count). The van der Waals surface area contributed by atoms with E-state index in [0.717, 1.165) is 33.4 Å². The SMILES string of the molecule is CC(=COc1ccccc1-c1ccccc1)C(=O)OCCCOc1ccccc1-c1ccccc1OCCCOC(=O)C(C)=COc1ccccc1-c1ccccc1. The first-order chi connectivity index (χ1) is 28.5. The molecule has 0 atom stereocenters. The van der Waals surface area contributed by atoms with Crippen molar-refractivity contribution < 1.29 is 38.0 Å². The lowest BCUT2D eigenvalue weighted by molar-refractivity contribution is -0.140. The second-order valence-corrected chi connectivity index (χ2v) is 13.2. The minimum atomic E-state index is -0.459. The van der Waals surface area contributed by atoms with Gasteiger partial charge in [-0.2, -0.15) is 0 Å². The maximum atomic E-state index is 12.7. The lowest BCUT2D eigenvalue weighted by Crippen LogP contribution is -2.11. The van der Waals surface area contributed by atoms with Crippen LogP contribution >= 0.6 is 0 Å². The summed E-state index contributed by atoms with van der Waals surface area (Å²) in [5, 5.41) is 0. The average Bonchev–Trinajstić information content (AvgIpc) is 3.28. The topological polar surface area (TPSA) is 89.5 Å². The Morgan fingerprint density at radius 3 is 1.12 bits per heavy atom. The molecule has 0 spiro atoms. The van der Waals surface area contributed by atoms with Crippen molar-refractivity contribution in [3.8, 4) is 56.4 Å². The zero-order valence-corrected chi connectivity index (χ0v) is 32.7. The molecule has 0 bridgehead atoms. The molecule has 0 aliphatic heterocycles. The van der Waals surface area contributed by atoms with Crippen molar-refractivity contribution in [2.24, 2.45) is 0 Å². The second kappa shape index (κ2) is 21.3. The van der Waals surface area contributed by atoms with Crippen molar-refractivity contribution in [2.75, 3.05) is 26.4 Å². The van der Waals surface area contributed by atoms with Crippen molar-refractivity contribution in [3.63, 3.8) is 0 Å². The van der Waals surface area contributed by atoms with Gasteiger partial charge in [-0.15, -0.1) is 0 Å². The summed E-state index contributed by atoms with van der Waals surface area (Å²) >= 11 is 0. The lowest BCUT2D eigenvalue weighted by Gasteiger charge is -2.15. The first kappa shape index (κ1) is 40.6. The van der Waals surface area contributed by atoms with E-state index in [1.54, 1.807) is 13.8 Å². The van der Waals surface area contributed by atoms with Gasteiger partial charge in [-0.05, 0) is 49.2 Å². The third kappa shape index (κ3) is 11.5. The van der Waals surface area contributed by atoms with E-state index >= 15 is 0 Å². The van der Waals surface area contributed by atoms with Gasteiger partial charge < -0.3 is 28.4 Å². The number of rotatable bonds is 19. The Bertz CT molecular complexity index is 2150. The largest absolute Gasteiger partial charge is 0.493 e. The highest BCUT2D eigenvalue weighted by Crippen LogP contribution is 2.37. The molecule has 0 N–H and O–H groups in total. The molecule has 0 unspecified atom stereocenters. The zero-order valence-electron chi connectivity index (χ0n) is 32.7. The van der Waals surface area contributed by atoms with Gasteiger partial charge in [-0.1, -0.05) is 133 Å². The van der Waals surface area contributed by atoms with Gasteiger partial charge in [0.05, 0.1) is 37.6 Å². The molecule has 8 heteroatoms. The maximum absolute atomic E-state index is 12.7. The fourth-order valence-electron chi connectivity index (χ4n) is 5.92. The lowest BCUT2D eigenvalue weighted by atomic mass is 10.0. The number of hydrogen-bond donors (Lipinski definition) is 0. The van der Waals surface area contributed by atoms with Crippen LogP contribution in [0.3, 0.4) is 0 Å².